The van der Waals surface area contributed by atoms with Crippen molar-refractivity contribution in [3.8, 4) is 0 Å². The number of thioether (sulfide) groups is 1. The molecule has 1 saturated heterocycles. The first kappa shape index (κ1) is 15.6. The molecule has 0 saturated carbocycles. The standard InChI is InChI=1S/C15H12N2O4S2/c18-14-13(9-12-7-4-8-21-12)22-15(16-14)17-23(19,20)10-11-5-2-1-3-6-11/h1-9H,10H2,(H,16,17,18)/b13-9+. The summed E-state index contributed by atoms with van der Waals surface area (Å²) < 4.78 is 33.0. The van der Waals surface area contributed by atoms with Crippen molar-refractivity contribution >= 4 is 38.9 Å². The first-order valence-electron chi connectivity index (χ1n) is 6.63. The molecule has 6 nitrogen and oxygen atoms in total. The quantitative estimate of drug-likeness (QED) is 0.857. The summed E-state index contributed by atoms with van der Waals surface area (Å²) in [6, 6.07) is 12.1. The Labute approximate surface area is 137 Å². The number of nitrogens with one attached hydrogen (secondary N) is 1. The summed E-state index contributed by atoms with van der Waals surface area (Å²) in [6.07, 6.45) is 3.02. The molecule has 118 valence electrons. The number of rotatable bonds is 4. The predicted octanol–water partition coefficient (Wildman–Crippen LogP) is 2.37. The number of nitrogens with zero attached hydrogens (tertiary/aromatic N) is 1. The fraction of sp³-hybridized carbons (Fsp3) is 0.0667. The Hall–Kier alpha value is -2.32. The van der Waals surface area contributed by atoms with Crippen molar-refractivity contribution in [3.63, 3.8) is 0 Å². The van der Waals surface area contributed by atoms with E-state index in [4.69, 9.17) is 4.42 Å². The highest BCUT2D eigenvalue weighted by Gasteiger charge is 2.26. The molecule has 1 aromatic heterocycles. The summed E-state index contributed by atoms with van der Waals surface area (Å²) in [5.41, 5.74) is 0.637. The van der Waals surface area contributed by atoms with Crippen molar-refractivity contribution in [2.24, 2.45) is 4.40 Å². The lowest BCUT2D eigenvalue weighted by Gasteiger charge is -2.00. The van der Waals surface area contributed by atoms with Gasteiger partial charge in [-0.1, -0.05) is 30.3 Å². The second kappa shape index (κ2) is 6.43. The number of furan rings is 1. The predicted molar refractivity (Wildman–Crippen MR) is 88.9 cm³/mol. The van der Waals surface area contributed by atoms with E-state index in [1.807, 2.05) is 0 Å². The lowest BCUT2D eigenvalue weighted by molar-refractivity contribution is -0.115. The summed E-state index contributed by atoms with van der Waals surface area (Å²) in [6.45, 7) is 0. The molecule has 0 bridgehead atoms. The van der Waals surface area contributed by atoms with Gasteiger partial charge in [-0.2, -0.15) is 0 Å². The number of amidine groups is 1. The maximum atomic E-state index is 12.1. The Morgan fingerprint density at radius 3 is 2.65 bits per heavy atom. The van der Waals surface area contributed by atoms with Gasteiger partial charge < -0.3 is 4.42 Å². The van der Waals surface area contributed by atoms with E-state index in [0.29, 0.717) is 16.2 Å². The molecule has 3 rings (SSSR count). The van der Waals surface area contributed by atoms with E-state index < -0.39 is 15.9 Å². The van der Waals surface area contributed by atoms with Gasteiger partial charge in [-0.05, 0) is 29.5 Å². The molecular formula is C15H12N2O4S2. The summed E-state index contributed by atoms with van der Waals surface area (Å²) >= 11 is 0.966. The van der Waals surface area contributed by atoms with Crippen molar-refractivity contribution in [1.29, 1.82) is 0 Å². The SMILES string of the molecule is O=C1N/C(=N\S(=O)(=O)Cc2ccccc2)S/C1=C/c1ccco1. The van der Waals surface area contributed by atoms with Crippen LogP contribution in [0.4, 0.5) is 0 Å². The van der Waals surface area contributed by atoms with Crippen LogP contribution in [-0.4, -0.2) is 19.5 Å². The van der Waals surface area contributed by atoms with Crippen LogP contribution in [0.1, 0.15) is 11.3 Å². The summed E-state index contributed by atoms with van der Waals surface area (Å²) in [7, 11) is -3.73. The van der Waals surface area contributed by atoms with E-state index >= 15 is 0 Å². The minimum atomic E-state index is -3.73. The normalized spacial score (nSPS) is 18.5. The second-order valence-electron chi connectivity index (χ2n) is 4.69. The van der Waals surface area contributed by atoms with Gasteiger partial charge in [-0.25, -0.2) is 8.42 Å². The Kier molecular flexibility index (Phi) is 4.35. The molecule has 1 aromatic carbocycles. The van der Waals surface area contributed by atoms with Crippen LogP contribution < -0.4 is 5.32 Å². The first-order chi connectivity index (χ1) is 11.0. The number of carbonyl (C=O) groups is 1. The van der Waals surface area contributed by atoms with Gasteiger partial charge in [0.25, 0.3) is 15.9 Å². The molecule has 1 aliphatic rings. The Morgan fingerprint density at radius 2 is 1.96 bits per heavy atom. The third-order valence-corrected chi connectivity index (χ3v) is 5.07. The molecule has 23 heavy (non-hydrogen) atoms. The highest BCUT2D eigenvalue weighted by molar-refractivity contribution is 8.19. The second-order valence-corrected chi connectivity index (χ2v) is 7.35. The van der Waals surface area contributed by atoms with Crippen molar-refractivity contribution in [3.05, 3.63) is 65.0 Å². The Morgan fingerprint density at radius 1 is 1.17 bits per heavy atom. The van der Waals surface area contributed by atoms with Crippen LogP contribution >= 0.6 is 11.8 Å². The van der Waals surface area contributed by atoms with Gasteiger partial charge in [0, 0.05) is 6.08 Å². The number of hydrogen-bond donors (Lipinski definition) is 1. The van der Waals surface area contributed by atoms with Crippen LogP contribution in [0, 0.1) is 0 Å². The highest BCUT2D eigenvalue weighted by atomic mass is 32.2. The summed E-state index contributed by atoms with van der Waals surface area (Å²) in [5, 5.41) is 2.49. The van der Waals surface area contributed by atoms with Crippen molar-refractivity contribution in [2.75, 3.05) is 0 Å². The van der Waals surface area contributed by atoms with Gasteiger partial charge in [-0.15, -0.1) is 4.40 Å². The molecule has 1 N–H and O–H groups in total. The molecular weight excluding hydrogens is 336 g/mol. The zero-order valence-electron chi connectivity index (χ0n) is 11.8. The number of benzene rings is 1. The monoisotopic (exact) mass is 348 g/mol. The third-order valence-electron chi connectivity index (χ3n) is 2.88. The van der Waals surface area contributed by atoms with Gasteiger partial charge in [0.15, 0.2) is 5.17 Å². The highest BCUT2D eigenvalue weighted by Crippen LogP contribution is 2.27. The average Bonchev–Trinajstić information content (AvgIpc) is 3.10. The van der Waals surface area contributed by atoms with Gasteiger partial charge in [0.2, 0.25) is 0 Å². The maximum absolute atomic E-state index is 12.1. The van der Waals surface area contributed by atoms with Crippen LogP contribution in [-0.2, 0) is 20.6 Å². The first-order valence-corrected chi connectivity index (χ1v) is 9.05. The van der Waals surface area contributed by atoms with Gasteiger partial charge in [0.1, 0.15) is 5.76 Å². The summed E-state index contributed by atoms with van der Waals surface area (Å²) in [4.78, 5) is 12.2. The topological polar surface area (TPSA) is 88.7 Å². The molecule has 1 amide bonds. The molecule has 0 unspecified atom stereocenters. The number of sulfonamides is 1. The van der Waals surface area contributed by atoms with E-state index in [0.717, 1.165) is 11.8 Å². The zero-order valence-corrected chi connectivity index (χ0v) is 13.4. The summed E-state index contributed by atoms with van der Waals surface area (Å²) in [5.74, 6) is -0.110. The van der Waals surface area contributed by atoms with Crippen LogP contribution in [0.2, 0.25) is 0 Å². The smallest absolute Gasteiger partial charge is 0.264 e. The van der Waals surface area contributed by atoms with Gasteiger partial charge in [0.05, 0.1) is 16.9 Å². The van der Waals surface area contributed by atoms with Crippen molar-refractivity contribution < 1.29 is 17.6 Å². The van der Waals surface area contributed by atoms with Crippen LogP contribution in [0.5, 0.6) is 0 Å². The number of amides is 1. The fourth-order valence-corrected chi connectivity index (χ4v) is 4.05. The molecule has 0 aliphatic carbocycles. The molecule has 0 atom stereocenters. The largest absolute Gasteiger partial charge is 0.465 e. The maximum Gasteiger partial charge on any atom is 0.264 e. The average molecular weight is 348 g/mol. The molecule has 8 heteroatoms. The number of hydrogen-bond acceptors (Lipinski definition) is 5. The molecule has 2 heterocycles. The molecule has 2 aromatic rings. The fourth-order valence-electron chi connectivity index (χ4n) is 1.92. The van der Waals surface area contributed by atoms with Crippen LogP contribution in [0.25, 0.3) is 6.08 Å². The minimum absolute atomic E-state index is 0.0451. The van der Waals surface area contributed by atoms with E-state index in [1.54, 1.807) is 42.5 Å². The zero-order chi connectivity index (χ0) is 16.3. The van der Waals surface area contributed by atoms with Crippen LogP contribution in [0.15, 0.2) is 62.4 Å². The molecule has 1 aliphatic heterocycles. The van der Waals surface area contributed by atoms with Gasteiger partial charge >= 0.3 is 0 Å². The van der Waals surface area contributed by atoms with E-state index in [1.165, 1.54) is 12.3 Å². The molecule has 1 fully saturated rings. The lowest BCUT2D eigenvalue weighted by atomic mass is 10.2. The molecule has 0 radical (unpaired) electrons. The van der Waals surface area contributed by atoms with Crippen molar-refractivity contribution in [1.82, 2.24) is 5.32 Å². The Balaban J connectivity index is 1.77. The van der Waals surface area contributed by atoms with E-state index in [2.05, 4.69) is 9.71 Å². The third kappa shape index (κ3) is 4.11. The number of carbonyl (C=O) groups excluding carboxylic acids is 1. The van der Waals surface area contributed by atoms with Gasteiger partial charge in [-0.3, -0.25) is 10.1 Å². The molecule has 0 spiro atoms. The lowest BCUT2D eigenvalue weighted by Crippen LogP contribution is -2.21. The van der Waals surface area contributed by atoms with E-state index in [-0.39, 0.29) is 10.9 Å². The van der Waals surface area contributed by atoms with Crippen molar-refractivity contribution in [2.45, 2.75) is 5.75 Å². The van der Waals surface area contributed by atoms with Crippen LogP contribution in [0.3, 0.4) is 0 Å². The Bertz CT molecular complexity index is 869. The minimum Gasteiger partial charge on any atom is -0.465 e. The van der Waals surface area contributed by atoms with E-state index in [9.17, 15) is 13.2 Å².